The third kappa shape index (κ3) is 2.31. The van der Waals surface area contributed by atoms with E-state index in [2.05, 4.69) is 31.1 Å². The second-order valence-corrected chi connectivity index (χ2v) is 5.53. The van der Waals surface area contributed by atoms with Gasteiger partial charge in [-0.15, -0.1) is 10.2 Å². The van der Waals surface area contributed by atoms with Gasteiger partial charge in [0.1, 0.15) is 10.5 Å². The van der Waals surface area contributed by atoms with Crippen LogP contribution in [-0.2, 0) is 0 Å². The molecule has 0 atom stereocenters. The van der Waals surface area contributed by atoms with Crippen LogP contribution in [0.4, 0.5) is 0 Å². The van der Waals surface area contributed by atoms with Crippen LogP contribution < -0.4 is 0 Å². The lowest BCUT2D eigenvalue weighted by Gasteiger charge is -2.00. The van der Waals surface area contributed by atoms with Crippen molar-refractivity contribution in [2.75, 3.05) is 0 Å². The van der Waals surface area contributed by atoms with E-state index in [1.54, 1.807) is 5.51 Å². The fraction of sp³-hybridized carbons (Fsp3) is 0.125. The predicted octanol–water partition coefficient (Wildman–Crippen LogP) is 3.16. The van der Waals surface area contributed by atoms with Gasteiger partial charge >= 0.3 is 0 Å². The van der Waals surface area contributed by atoms with Gasteiger partial charge in [0.2, 0.25) is 0 Å². The van der Waals surface area contributed by atoms with Crippen LogP contribution in [0.25, 0.3) is 0 Å². The van der Waals surface area contributed by atoms with Crippen molar-refractivity contribution in [1.29, 1.82) is 0 Å². The van der Waals surface area contributed by atoms with Gasteiger partial charge in [-0.25, -0.2) is 4.98 Å². The van der Waals surface area contributed by atoms with Crippen LogP contribution >= 0.6 is 39.0 Å². The Morgan fingerprint density at radius 3 is 3.00 bits per heavy atom. The molecule has 0 N–H and O–H groups in total. The van der Waals surface area contributed by atoms with Gasteiger partial charge in [-0.05, 0) is 46.2 Å². The molecule has 0 aliphatic carbocycles. The highest BCUT2D eigenvalue weighted by Gasteiger charge is 2.06. The minimum atomic E-state index is 0.905. The third-order valence-electron chi connectivity index (χ3n) is 1.47. The molecule has 0 spiro atoms. The van der Waals surface area contributed by atoms with E-state index in [1.165, 1.54) is 23.1 Å². The highest BCUT2D eigenvalue weighted by atomic mass is 79.9. The molecule has 14 heavy (non-hydrogen) atoms. The van der Waals surface area contributed by atoms with E-state index in [9.17, 15) is 0 Å². The van der Waals surface area contributed by atoms with Crippen molar-refractivity contribution >= 4 is 39.0 Å². The summed E-state index contributed by atoms with van der Waals surface area (Å²) in [5.74, 6) is 0. The SMILES string of the molecule is Cc1cnc(Sc2nncs2)c(Br)c1. The molecule has 2 aromatic rings. The zero-order chi connectivity index (χ0) is 9.97. The summed E-state index contributed by atoms with van der Waals surface area (Å²) in [5.41, 5.74) is 2.85. The van der Waals surface area contributed by atoms with Gasteiger partial charge in [0.05, 0.1) is 4.47 Å². The van der Waals surface area contributed by atoms with Crippen molar-refractivity contribution in [2.45, 2.75) is 16.3 Å². The maximum absolute atomic E-state index is 4.31. The van der Waals surface area contributed by atoms with E-state index in [1.807, 2.05) is 19.2 Å². The molecule has 0 aliphatic rings. The summed E-state index contributed by atoms with van der Waals surface area (Å²) < 4.78 is 1.90. The van der Waals surface area contributed by atoms with Gasteiger partial charge in [0, 0.05) is 6.20 Å². The third-order valence-corrected chi connectivity index (χ3v) is 4.13. The molecule has 3 nitrogen and oxygen atoms in total. The second-order valence-electron chi connectivity index (χ2n) is 2.61. The van der Waals surface area contributed by atoms with Crippen molar-refractivity contribution in [3.05, 3.63) is 27.8 Å². The van der Waals surface area contributed by atoms with Crippen molar-refractivity contribution in [1.82, 2.24) is 15.2 Å². The van der Waals surface area contributed by atoms with Crippen LogP contribution in [0.15, 0.2) is 31.6 Å². The molecule has 6 heteroatoms. The Balaban J connectivity index is 2.25. The molecule has 0 radical (unpaired) electrons. The maximum Gasteiger partial charge on any atom is 0.180 e. The molecule has 0 aliphatic heterocycles. The smallest absolute Gasteiger partial charge is 0.180 e. The average molecular weight is 288 g/mol. The number of rotatable bonds is 2. The van der Waals surface area contributed by atoms with E-state index < -0.39 is 0 Å². The van der Waals surface area contributed by atoms with Crippen LogP contribution in [0.2, 0.25) is 0 Å². The first-order chi connectivity index (χ1) is 6.75. The first-order valence-electron chi connectivity index (χ1n) is 3.82. The lowest BCUT2D eigenvalue weighted by Crippen LogP contribution is -1.83. The number of halogens is 1. The molecule has 2 heterocycles. The second kappa shape index (κ2) is 4.37. The highest BCUT2D eigenvalue weighted by Crippen LogP contribution is 2.32. The Hall–Kier alpha value is -0.460. The molecule has 0 fully saturated rings. The van der Waals surface area contributed by atoms with Crippen LogP contribution in [-0.4, -0.2) is 15.2 Å². The lowest BCUT2D eigenvalue weighted by molar-refractivity contribution is 1.00. The van der Waals surface area contributed by atoms with E-state index in [-0.39, 0.29) is 0 Å². The number of hydrogen-bond donors (Lipinski definition) is 0. The quantitative estimate of drug-likeness (QED) is 0.851. The lowest BCUT2D eigenvalue weighted by atomic mass is 10.3. The van der Waals surface area contributed by atoms with Gasteiger partial charge in [-0.1, -0.05) is 11.3 Å². The summed E-state index contributed by atoms with van der Waals surface area (Å²) in [6.45, 7) is 2.01. The Bertz CT molecular complexity index is 430. The van der Waals surface area contributed by atoms with Crippen molar-refractivity contribution in [2.24, 2.45) is 0 Å². The molecule has 0 amide bonds. The Morgan fingerprint density at radius 2 is 2.36 bits per heavy atom. The van der Waals surface area contributed by atoms with Crippen LogP contribution in [0.1, 0.15) is 5.56 Å². The number of pyridine rings is 1. The molecule has 72 valence electrons. The van der Waals surface area contributed by atoms with Crippen molar-refractivity contribution < 1.29 is 0 Å². The van der Waals surface area contributed by atoms with Crippen molar-refractivity contribution in [3.8, 4) is 0 Å². The Labute approximate surface area is 98.1 Å². The molecule has 2 aromatic heterocycles. The average Bonchev–Trinajstić information content (AvgIpc) is 2.62. The summed E-state index contributed by atoms with van der Waals surface area (Å²) in [6, 6.07) is 2.04. The number of nitrogens with zero attached hydrogens (tertiary/aromatic N) is 3. The highest BCUT2D eigenvalue weighted by molar-refractivity contribution is 9.10. The monoisotopic (exact) mass is 287 g/mol. The first kappa shape index (κ1) is 10.1. The minimum Gasteiger partial charge on any atom is -0.248 e. The largest absolute Gasteiger partial charge is 0.248 e. The van der Waals surface area contributed by atoms with Gasteiger partial charge in [-0.3, -0.25) is 0 Å². The van der Waals surface area contributed by atoms with Gasteiger partial charge in [-0.2, -0.15) is 0 Å². The number of aryl methyl sites for hydroxylation is 1. The van der Waals surface area contributed by atoms with E-state index in [0.717, 1.165) is 19.4 Å². The van der Waals surface area contributed by atoms with Crippen molar-refractivity contribution in [3.63, 3.8) is 0 Å². The van der Waals surface area contributed by atoms with Gasteiger partial charge in [0.15, 0.2) is 4.34 Å². The van der Waals surface area contributed by atoms with E-state index in [4.69, 9.17) is 0 Å². The zero-order valence-corrected chi connectivity index (χ0v) is 10.5. The summed E-state index contributed by atoms with van der Waals surface area (Å²) in [6.07, 6.45) is 1.84. The Kier molecular flexibility index (Phi) is 3.15. The van der Waals surface area contributed by atoms with Gasteiger partial charge < -0.3 is 0 Å². The molecule has 0 saturated carbocycles. The van der Waals surface area contributed by atoms with Crippen LogP contribution in [0.3, 0.4) is 0 Å². The maximum atomic E-state index is 4.31. The molecular formula is C8H6BrN3S2. The summed E-state index contributed by atoms with van der Waals surface area (Å²) in [7, 11) is 0. The molecule has 0 saturated heterocycles. The van der Waals surface area contributed by atoms with Crippen LogP contribution in [0, 0.1) is 6.92 Å². The standard InChI is InChI=1S/C8H6BrN3S2/c1-5-2-6(9)7(10-3-5)14-8-12-11-4-13-8/h2-4H,1H3. The number of hydrogen-bond acceptors (Lipinski definition) is 5. The summed E-state index contributed by atoms with van der Waals surface area (Å²) >= 11 is 6.49. The van der Waals surface area contributed by atoms with E-state index >= 15 is 0 Å². The minimum absolute atomic E-state index is 0.905. The topological polar surface area (TPSA) is 38.7 Å². The molecule has 0 aromatic carbocycles. The predicted molar refractivity (Wildman–Crippen MR) is 60.7 cm³/mol. The fourth-order valence-electron chi connectivity index (χ4n) is 0.886. The van der Waals surface area contributed by atoms with E-state index in [0.29, 0.717) is 0 Å². The molecule has 0 bridgehead atoms. The molecule has 2 rings (SSSR count). The molecule has 0 unspecified atom stereocenters. The molecular weight excluding hydrogens is 282 g/mol. The summed E-state index contributed by atoms with van der Waals surface area (Å²) in [5, 5.41) is 8.64. The zero-order valence-electron chi connectivity index (χ0n) is 7.27. The van der Waals surface area contributed by atoms with Crippen LogP contribution in [0.5, 0.6) is 0 Å². The number of aromatic nitrogens is 3. The fourth-order valence-corrected chi connectivity index (χ4v) is 2.94. The first-order valence-corrected chi connectivity index (χ1v) is 6.31. The normalized spacial score (nSPS) is 10.4. The Morgan fingerprint density at radius 1 is 1.50 bits per heavy atom. The van der Waals surface area contributed by atoms with Gasteiger partial charge in [0.25, 0.3) is 0 Å². The summed E-state index contributed by atoms with van der Waals surface area (Å²) in [4.78, 5) is 4.31.